The lowest BCUT2D eigenvalue weighted by Crippen LogP contribution is -2.47. The van der Waals surface area contributed by atoms with Gasteiger partial charge in [0.1, 0.15) is 0 Å². The molecule has 2 aliphatic rings. The van der Waals surface area contributed by atoms with E-state index in [2.05, 4.69) is 0 Å². The van der Waals surface area contributed by atoms with Crippen molar-refractivity contribution in [1.82, 2.24) is 10.0 Å². The van der Waals surface area contributed by atoms with Crippen LogP contribution in [0, 0.1) is 10.1 Å². The summed E-state index contributed by atoms with van der Waals surface area (Å²) < 4.78 is 0.546. The van der Waals surface area contributed by atoms with Crippen molar-refractivity contribution in [2.45, 2.75) is 19.3 Å². The van der Waals surface area contributed by atoms with Gasteiger partial charge in [-0.1, -0.05) is 30.4 Å². The number of nitrogens with zero attached hydrogens (tertiary/aromatic N) is 3. The van der Waals surface area contributed by atoms with Crippen LogP contribution < -0.4 is 0 Å². The van der Waals surface area contributed by atoms with E-state index in [1.807, 2.05) is 5.01 Å². The highest BCUT2D eigenvalue weighted by Gasteiger charge is 2.36. The summed E-state index contributed by atoms with van der Waals surface area (Å²) >= 11 is 6.62. The van der Waals surface area contributed by atoms with Crippen LogP contribution in [-0.4, -0.2) is 38.3 Å². The Morgan fingerprint density at radius 2 is 1.83 bits per heavy atom. The normalized spacial score (nSPS) is 21.2. The summed E-state index contributed by atoms with van der Waals surface area (Å²) in [4.78, 5) is 23.4. The molecule has 0 spiro atoms. The Morgan fingerprint density at radius 3 is 2.43 bits per heavy atom. The summed E-state index contributed by atoms with van der Waals surface area (Å²) in [5.41, 5.74) is 0.776. The third-order valence-corrected chi connectivity index (χ3v) is 5.07. The number of hydrogen-bond donors (Lipinski definition) is 0. The van der Waals surface area contributed by atoms with Gasteiger partial charge >= 0.3 is 0 Å². The lowest BCUT2D eigenvalue weighted by molar-refractivity contribution is -0.384. The van der Waals surface area contributed by atoms with Gasteiger partial charge in [-0.2, -0.15) is 0 Å². The van der Waals surface area contributed by atoms with Crippen molar-refractivity contribution in [3.8, 4) is 0 Å². The lowest BCUT2D eigenvalue weighted by Gasteiger charge is -2.33. The first-order valence-corrected chi connectivity index (χ1v) is 8.56. The van der Waals surface area contributed by atoms with Gasteiger partial charge in [0.15, 0.2) is 4.32 Å². The molecule has 0 aliphatic carbocycles. The smallest absolute Gasteiger partial charge is 0.267 e. The number of carbonyl (C=O) groups excluding carboxylic acids is 1. The highest BCUT2D eigenvalue weighted by molar-refractivity contribution is 8.26. The summed E-state index contributed by atoms with van der Waals surface area (Å²) in [5, 5.41) is 14.3. The highest BCUT2D eigenvalue weighted by atomic mass is 32.2. The maximum atomic E-state index is 12.6. The van der Waals surface area contributed by atoms with Gasteiger partial charge < -0.3 is 0 Å². The third-order valence-electron chi connectivity index (χ3n) is 3.79. The summed E-state index contributed by atoms with van der Waals surface area (Å²) in [5.74, 6) is -0.111. The Labute approximate surface area is 143 Å². The quantitative estimate of drug-likeness (QED) is 0.361. The number of non-ortho nitro benzene ring substituents is 1. The summed E-state index contributed by atoms with van der Waals surface area (Å²) in [7, 11) is 0. The minimum atomic E-state index is -0.445. The zero-order chi connectivity index (χ0) is 16.4. The SMILES string of the molecule is O=C1/C(=C\c2ccc([N+](=O)[O-])cc2)SC(=S)N1N1CCCCC1. The number of hydrazine groups is 1. The molecule has 1 amide bonds. The molecule has 0 unspecified atom stereocenters. The summed E-state index contributed by atoms with van der Waals surface area (Å²) in [6, 6.07) is 6.12. The largest absolute Gasteiger partial charge is 0.280 e. The van der Waals surface area contributed by atoms with Crippen molar-refractivity contribution in [3.05, 3.63) is 44.8 Å². The molecule has 6 nitrogen and oxygen atoms in total. The number of rotatable bonds is 3. The van der Waals surface area contributed by atoms with Crippen molar-refractivity contribution >= 4 is 46.0 Å². The molecule has 8 heteroatoms. The molecule has 0 atom stereocenters. The molecule has 2 aliphatic heterocycles. The molecule has 0 aromatic heterocycles. The topological polar surface area (TPSA) is 66.7 Å². The number of nitro groups is 1. The Kier molecular flexibility index (Phi) is 4.74. The van der Waals surface area contributed by atoms with Crippen molar-refractivity contribution in [3.63, 3.8) is 0 Å². The van der Waals surface area contributed by atoms with E-state index in [0.29, 0.717) is 9.23 Å². The fourth-order valence-electron chi connectivity index (χ4n) is 2.62. The Bertz CT molecular complexity index is 682. The maximum Gasteiger partial charge on any atom is 0.280 e. The molecule has 1 aromatic carbocycles. The fourth-order valence-corrected chi connectivity index (χ4v) is 3.93. The molecule has 2 heterocycles. The zero-order valence-electron chi connectivity index (χ0n) is 12.3. The number of carbonyl (C=O) groups is 1. The van der Waals surface area contributed by atoms with E-state index in [1.54, 1.807) is 23.2 Å². The highest BCUT2D eigenvalue weighted by Crippen LogP contribution is 2.34. The van der Waals surface area contributed by atoms with E-state index in [1.165, 1.54) is 30.3 Å². The Balaban J connectivity index is 1.79. The molecule has 0 radical (unpaired) electrons. The molecule has 0 saturated carbocycles. The van der Waals surface area contributed by atoms with Gasteiger partial charge in [0.2, 0.25) is 0 Å². The van der Waals surface area contributed by atoms with Gasteiger partial charge in [-0.15, -0.1) is 0 Å². The van der Waals surface area contributed by atoms with Gasteiger partial charge in [0, 0.05) is 25.2 Å². The van der Waals surface area contributed by atoms with Crippen LogP contribution in [0.15, 0.2) is 29.2 Å². The number of thioether (sulfide) groups is 1. The molecule has 0 bridgehead atoms. The van der Waals surface area contributed by atoms with Gasteiger partial charge in [-0.25, -0.2) is 10.0 Å². The van der Waals surface area contributed by atoms with E-state index in [4.69, 9.17) is 12.2 Å². The predicted molar refractivity (Wildman–Crippen MR) is 93.5 cm³/mol. The van der Waals surface area contributed by atoms with E-state index < -0.39 is 4.92 Å². The number of nitro benzene ring substituents is 1. The second kappa shape index (κ2) is 6.77. The van der Waals surface area contributed by atoms with Crippen LogP contribution in [0.2, 0.25) is 0 Å². The minimum absolute atomic E-state index is 0.0306. The number of thiocarbonyl (C=S) groups is 1. The van der Waals surface area contributed by atoms with Crippen LogP contribution in [0.4, 0.5) is 5.69 Å². The molecule has 23 heavy (non-hydrogen) atoms. The first-order valence-electron chi connectivity index (χ1n) is 7.33. The third kappa shape index (κ3) is 3.44. The molecular formula is C15H15N3O3S2. The van der Waals surface area contributed by atoms with Gasteiger partial charge in [-0.3, -0.25) is 14.9 Å². The zero-order valence-corrected chi connectivity index (χ0v) is 13.9. The molecule has 0 N–H and O–H groups in total. The van der Waals surface area contributed by atoms with E-state index in [9.17, 15) is 14.9 Å². The lowest BCUT2D eigenvalue weighted by atomic mass is 10.1. The van der Waals surface area contributed by atoms with Crippen molar-refractivity contribution < 1.29 is 9.72 Å². The summed E-state index contributed by atoms with van der Waals surface area (Å²) in [6.45, 7) is 1.69. The maximum absolute atomic E-state index is 12.6. The van der Waals surface area contributed by atoms with E-state index in [-0.39, 0.29) is 11.6 Å². The van der Waals surface area contributed by atoms with Crippen molar-refractivity contribution in [2.75, 3.05) is 13.1 Å². The monoisotopic (exact) mass is 349 g/mol. The van der Waals surface area contributed by atoms with Crippen LogP contribution >= 0.6 is 24.0 Å². The average molecular weight is 349 g/mol. The second-order valence-electron chi connectivity index (χ2n) is 5.36. The number of benzene rings is 1. The van der Waals surface area contributed by atoms with Crippen LogP contribution in [0.3, 0.4) is 0 Å². The van der Waals surface area contributed by atoms with Crippen LogP contribution in [0.5, 0.6) is 0 Å². The Morgan fingerprint density at radius 1 is 1.17 bits per heavy atom. The fraction of sp³-hybridized carbons (Fsp3) is 0.333. The molecule has 120 valence electrons. The predicted octanol–water partition coefficient (Wildman–Crippen LogP) is 3.20. The van der Waals surface area contributed by atoms with E-state index >= 15 is 0 Å². The second-order valence-corrected chi connectivity index (χ2v) is 7.03. The Hall–Kier alpha value is -1.77. The molecular weight excluding hydrogens is 334 g/mol. The van der Waals surface area contributed by atoms with Crippen LogP contribution in [0.25, 0.3) is 6.08 Å². The van der Waals surface area contributed by atoms with E-state index in [0.717, 1.165) is 31.5 Å². The van der Waals surface area contributed by atoms with Gasteiger partial charge in [0.25, 0.3) is 11.6 Å². The molecule has 2 fully saturated rings. The van der Waals surface area contributed by atoms with Crippen molar-refractivity contribution in [1.29, 1.82) is 0 Å². The van der Waals surface area contributed by atoms with Gasteiger partial charge in [-0.05, 0) is 36.6 Å². The van der Waals surface area contributed by atoms with Crippen molar-refractivity contribution in [2.24, 2.45) is 0 Å². The number of hydrogen-bond acceptors (Lipinski definition) is 6. The first-order chi connectivity index (χ1) is 11.1. The molecule has 2 saturated heterocycles. The average Bonchev–Trinajstić information content (AvgIpc) is 2.82. The van der Waals surface area contributed by atoms with Gasteiger partial charge in [0.05, 0.1) is 9.83 Å². The summed E-state index contributed by atoms with van der Waals surface area (Å²) in [6.07, 6.45) is 5.05. The van der Waals surface area contributed by atoms with Crippen LogP contribution in [-0.2, 0) is 4.79 Å². The minimum Gasteiger partial charge on any atom is -0.267 e. The standard InChI is InChI=1S/C15H15N3O3S2/c19-14-13(10-11-4-6-12(7-5-11)18(20)21)23-15(22)17(14)16-8-2-1-3-9-16/h4-7,10H,1-3,8-9H2/b13-10+. The van der Waals surface area contributed by atoms with Crippen LogP contribution in [0.1, 0.15) is 24.8 Å². The number of amides is 1. The first kappa shape index (κ1) is 16.1. The molecule has 1 aromatic rings. The molecule has 3 rings (SSSR count). The number of piperidine rings is 1.